The van der Waals surface area contributed by atoms with Gasteiger partial charge in [-0.25, -0.2) is 0 Å². The van der Waals surface area contributed by atoms with Crippen LogP contribution < -0.4 is 14.4 Å². The number of anilines is 1. The van der Waals surface area contributed by atoms with Crippen molar-refractivity contribution in [3.8, 4) is 11.5 Å². The molecule has 4 aromatic rings. The lowest BCUT2D eigenvalue weighted by molar-refractivity contribution is 0.0752. The lowest BCUT2D eigenvalue weighted by atomic mass is 9.95. The molecule has 1 saturated heterocycles. The minimum absolute atomic E-state index is 0.221. The molecule has 0 bridgehead atoms. The van der Waals surface area contributed by atoms with Gasteiger partial charge in [0.2, 0.25) is 0 Å². The summed E-state index contributed by atoms with van der Waals surface area (Å²) in [6, 6.07) is 31.5. The molecule has 4 aromatic carbocycles. The average molecular weight is 578 g/mol. The Morgan fingerprint density at radius 2 is 1.40 bits per heavy atom. The Bertz CT molecular complexity index is 1540. The first kappa shape index (κ1) is 29.9. The van der Waals surface area contributed by atoms with Crippen molar-refractivity contribution in [2.24, 2.45) is 0 Å². The van der Waals surface area contributed by atoms with E-state index >= 15 is 0 Å². The maximum atomic E-state index is 14.5. The van der Waals surface area contributed by atoms with Crippen molar-refractivity contribution in [1.82, 2.24) is 9.80 Å². The third kappa shape index (κ3) is 6.27. The molecular weight excluding hydrogens is 538 g/mol. The van der Waals surface area contributed by atoms with Crippen LogP contribution in [-0.2, 0) is 0 Å². The molecule has 7 heteroatoms. The molecule has 7 nitrogen and oxygen atoms in total. The zero-order valence-corrected chi connectivity index (χ0v) is 25.3. The van der Waals surface area contributed by atoms with Crippen molar-refractivity contribution in [3.05, 3.63) is 125 Å². The highest BCUT2D eigenvalue weighted by Gasteiger charge is 2.31. The third-order valence-corrected chi connectivity index (χ3v) is 8.45. The molecule has 2 atom stereocenters. The molecule has 0 aliphatic carbocycles. The molecule has 1 aliphatic rings. The molecule has 0 saturated carbocycles. The molecule has 0 radical (unpaired) electrons. The van der Waals surface area contributed by atoms with Gasteiger partial charge in [-0.15, -0.1) is 0 Å². The minimum Gasteiger partial charge on any atom is -0.493 e. The minimum atomic E-state index is -0.426. The smallest absolute Gasteiger partial charge is 0.257 e. The number of hydrogen-bond donors (Lipinski definition) is 0. The summed E-state index contributed by atoms with van der Waals surface area (Å²) in [7, 11) is 4.99. The van der Waals surface area contributed by atoms with Gasteiger partial charge in [0.1, 0.15) is 0 Å². The second-order valence-electron chi connectivity index (χ2n) is 10.8. The van der Waals surface area contributed by atoms with E-state index in [4.69, 9.17) is 9.47 Å². The summed E-state index contributed by atoms with van der Waals surface area (Å²) in [6.45, 7) is 5.44. The van der Waals surface area contributed by atoms with E-state index in [1.807, 2.05) is 66.7 Å². The number of benzene rings is 4. The largest absolute Gasteiger partial charge is 0.493 e. The van der Waals surface area contributed by atoms with Gasteiger partial charge < -0.3 is 19.3 Å². The third-order valence-electron chi connectivity index (χ3n) is 8.45. The molecule has 222 valence electrons. The molecule has 1 fully saturated rings. The van der Waals surface area contributed by atoms with Gasteiger partial charge in [-0.1, -0.05) is 78.9 Å². The number of carbonyl (C=O) groups is 2. The van der Waals surface area contributed by atoms with E-state index in [9.17, 15) is 9.59 Å². The molecular formula is C36H39N3O4. The van der Waals surface area contributed by atoms with Crippen molar-refractivity contribution in [2.75, 3.05) is 52.3 Å². The van der Waals surface area contributed by atoms with Crippen LogP contribution in [0.25, 0.3) is 0 Å². The second-order valence-corrected chi connectivity index (χ2v) is 10.8. The monoisotopic (exact) mass is 577 g/mol. The highest BCUT2D eigenvalue weighted by molar-refractivity contribution is 6.06. The van der Waals surface area contributed by atoms with Crippen LogP contribution in [0, 0.1) is 0 Å². The number of aldehydes is 1. The molecule has 5 rings (SSSR count). The Hall–Kier alpha value is -4.62. The Morgan fingerprint density at radius 3 is 2.00 bits per heavy atom. The number of nitrogens with zero attached hydrogens (tertiary/aromatic N) is 3. The van der Waals surface area contributed by atoms with Crippen LogP contribution in [0.4, 0.5) is 5.69 Å². The number of ether oxygens (including phenoxy) is 2. The predicted octanol–water partition coefficient (Wildman–Crippen LogP) is 6.26. The average Bonchev–Trinajstić information content (AvgIpc) is 3.08. The number of piperazine rings is 1. The maximum absolute atomic E-state index is 14.5. The summed E-state index contributed by atoms with van der Waals surface area (Å²) in [5.74, 6) is 0.973. The predicted molar refractivity (Wildman–Crippen MR) is 170 cm³/mol. The topological polar surface area (TPSA) is 62.3 Å². The van der Waals surface area contributed by atoms with E-state index in [0.29, 0.717) is 28.7 Å². The normalized spacial score (nSPS) is 14.9. The van der Waals surface area contributed by atoms with Crippen LogP contribution >= 0.6 is 0 Å². The quantitative estimate of drug-likeness (QED) is 0.207. The van der Waals surface area contributed by atoms with Crippen molar-refractivity contribution in [3.63, 3.8) is 0 Å². The Morgan fingerprint density at radius 1 is 0.767 bits per heavy atom. The summed E-state index contributed by atoms with van der Waals surface area (Å²) in [5, 5.41) is 0. The first-order valence-corrected chi connectivity index (χ1v) is 14.6. The number of hydrogen-bond acceptors (Lipinski definition) is 6. The fraction of sp³-hybridized carbons (Fsp3) is 0.278. The second kappa shape index (κ2) is 13.6. The molecule has 0 aromatic heterocycles. The SMILES string of the molecule is COc1ccc(C(c2ccccc2)N(C)C(=O)c2c(C=O)cccc2N2CCN([C@H](C)c3ccccc3)CC2)cc1OC. The molecule has 1 heterocycles. The van der Waals surface area contributed by atoms with E-state index in [2.05, 4.69) is 41.0 Å². The van der Waals surface area contributed by atoms with E-state index < -0.39 is 6.04 Å². The van der Waals surface area contributed by atoms with Crippen LogP contribution in [0.2, 0.25) is 0 Å². The van der Waals surface area contributed by atoms with Gasteiger partial charge in [-0.2, -0.15) is 0 Å². The fourth-order valence-corrected chi connectivity index (χ4v) is 6.04. The van der Waals surface area contributed by atoms with Crippen molar-refractivity contribution < 1.29 is 19.1 Å². The molecule has 0 N–H and O–H groups in total. The van der Waals surface area contributed by atoms with Crippen LogP contribution in [0.5, 0.6) is 11.5 Å². The number of methoxy groups -OCH3 is 2. The molecule has 1 aliphatic heterocycles. The van der Waals surface area contributed by atoms with Crippen LogP contribution in [0.15, 0.2) is 97.1 Å². The van der Waals surface area contributed by atoms with Crippen molar-refractivity contribution in [2.45, 2.75) is 19.0 Å². The van der Waals surface area contributed by atoms with Crippen LogP contribution in [-0.4, -0.2) is 69.4 Å². The van der Waals surface area contributed by atoms with Gasteiger partial charge >= 0.3 is 0 Å². The first-order valence-electron chi connectivity index (χ1n) is 14.6. The van der Waals surface area contributed by atoms with Crippen LogP contribution in [0.3, 0.4) is 0 Å². The molecule has 0 spiro atoms. The summed E-state index contributed by atoms with van der Waals surface area (Å²) in [6.07, 6.45) is 0.784. The van der Waals surface area contributed by atoms with Gasteiger partial charge in [0.05, 0.1) is 31.5 Å². The number of rotatable bonds is 10. The summed E-state index contributed by atoms with van der Waals surface area (Å²) in [4.78, 5) is 33.2. The lowest BCUT2D eigenvalue weighted by Gasteiger charge is -2.40. The highest BCUT2D eigenvalue weighted by Crippen LogP contribution is 2.37. The Kier molecular flexibility index (Phi) is 9.42. The standard InChI is InChI=1S/C36H39N3O4/c1-26(27-12-7-5-8-13-27)38-20-22-39(23-21-38)31-17-11-16-30(25-40)34(31)36(41)37(2)35(28-14-9-6-10-15-28)29-18-19-32(42-3)33(24-29)43-4/h5-19,24-26,35H,20-23H2,1-4H3/t26-,35?/m1/s1. The van der Waals surface area contributed by atoms with Crippen LogP contribution in [0.1, 0.15) is 56.4 Å². The fourth-order valence-electron chi connectivity index (χ4n) is 6.04. The van der Waals surface area contributed by atoms with E-state index in [1.165, 1.54) is 5.56 Å². The van der Waals surface area contributed by atoms with E-state index in [0.717, 1.165) is 49.3 Å². The molecule has 1 unspecified atom stereocenters. The zero-order chi connectivity index (χ0) is 30.3. The maximum Gasteiger partial charge on any atom is 0.257 e. The zero-order valence-electron chi connectivity index (χ0n) is 25.3. The Labute approximate surface area is 254 Å². The van der Waals surface area contributed by atoms with Gasteiger partial charge in [0.25, 0.3) is 5.91 Å². The summed E-state index contributed by atoms with van der Waals surface area (Å²) < 4.78 is 11.1. The molecule has 1 amide bonds. The van der Waals surface area contributed by atoms with E-state index in [1.54, 1.807) is 32.2 Å². The van der Waals surface area contributed by atoms with Gasteiger partial charge in [-0.3, -0.25) is 14.5 Å². The highest BCUT2D eigenvalue weighted by atomic mass is 16.5. The van der Waals surface area contributed by atoms with Gasteiger partial charge in [-0.05, 0) is 41.8 Å². The van der Waals surface area contributed by atoms with Crippen molar-refractivity contribution in [1.29, 1.82) is 0 Å². The van der Waals surface area contributed by atoms with E-state index in [-0.39, 0.29) is 5.91 Å². The Balaban J connectivity index is 1.47. The number of carbonyl (C=O) groups excluding carboxylic acids is 2. The summed E-state index contributed by atoms with van der Waals surface area (Å²) in [5.41, 5.74) is 4.69. The molecule has 43 heavy (non-hydrogen) atoms. The van der Waals surface area contributed by atoms with Gasteiger partial charge in [0.15, 0.2) is 17.8 Å². The summed E-state index contributed by atoms with van der Waals surface area (Å²) >= 11 is 0. The van der Waals surface area contributed by atoms with Crippen molar-refractivity contribution >= 4 is 17.9 Å². The first-order chi connectivity index (χ1) is 21.0. The number of amides is 1. The lowest BCUT2D eigenvalue weighted by Crippen LogP contribution is -2.48. The van der Waals surface area contributed by atoms with Gasteiger partial charge in [0, 0.05) is 44.8 Å².